The zero-order chi connectivity index (χ0) is 19.1. The Bertz CT molecular complexity index is 714. The van der Waals surface area contributed by atoms with Gasteiger partial charge in [-0.25, -0.2) is 0 Å². The maximum Gasteiger partial charge on any atom is 0.310 e. The van der Waals surface area contributed by atoms with Gasteiger partial charge in [0.05, 0.1) is 17.1 Å². The number of hydrogen-bond donors (Lipinski definition) is 0. The zero-order valence-corrected chi connectivity index (χ0v) is 14.7. The number of carbonyl (C=O) groups excluding carboxylic acids is 2. The Morgan fingerprint density at radius 1 is 1.38 bits per heavy atom. The molecular formula is C17H21N3O6. The van der Waals surface area contributed by atoms with Crippen LogP contribution in [0.5, 0.6) is 0 Å². The van der Waals surface area contributed by atoms with E-state index in [1.165, 1.54) is 12.1 Å². The van der Waals surface area contributed by atoms with Gasteiger partial charge in [-0.3, -0.25) is 19.7 Å². The van der Waals surface area contributed by atoms with Crippen LogP contribution in [0.3, 0.4) is 0 Å². The Balaban J connectivity index is 1.83. The van der Waals surface area contributed by atoms with Crippen LogP contribution < -0.4 is 0 Å². The van der Waals surface area contributed by atoms with Gasteiger partial charge in [0.2, 0.25) is 0 Å². The van der Waals surface area contributed by atoms with Crippen molar-refractivity contribution in [1.82, 2.24) is 4.90 Å². The van der Waals surface area contributed by atoms with Gasteiger partial charge in [-0.15, -0.1) is 0 Å². The lowest BCUT2D eigenvalue weighted by atomic mass is 10.0. The first-order valence-electron chi connectivity index (χ1n) is 8.35. The predicted octanol–water partition coefficient (Wildman–Crippen LogP) is 1.89. The summed E-state index contributed by atoms with van der Waals surface area (Å²) in [6.45, 7) is 4.51. The number of nitrogens with zero attached hydrogens (tertiary/aromatic N) is 3. The Morgan fingerprint density at radius 3 is 2.77 bits per heavy atom. The van der Waals surface area contributed by atoms with Crippen molar-refractivity contribution in [3.05, 3.63) is 39.9 Å². The average Bonchev–Trinajstić information content (AvgIpc) is 3.09. The lowest BCUT2D eigenvalue weighted by Crippen LogP contribution is -2.34. The van der Waals surface area contributed by atoms with Gasteiger partial charge in [0.25, 0.3) is 11.6 Å². The highest BCUT2D eigenvalue weighted by molar-refractivity contribution is 6.01. The van der Waals surface area contributed by atoms with E-state index in [0.717, 1.165) is 0 Å². The molecular weight excluding hydrogens is 342 g/mol. The first-order valence-corrected chi connectivity index (χ1v) is 8.35. The number of non-ortho nitro benzene ring substituents is 1. The summed E-state index contributed by atoms with van der Waals surface area (Å²) in [6.07, 6.45) is -0.228. The molecule has 0 aromatic heterocycles. The number of esters is 1. The molecule has 26 heavy (non-hydrogen) atoms. The van der Waals surface area contributed by atoms with Crippen molar-refractivity contribution in [3.63, 3.8) is 0 Å². The number of nitro benzene ring substituents is 1. The molecule has 0 radical (unpaired) electrons. The molecule has 0 saturated carbocycles. The monoisotopic (exact) mass is 363 g/mol. The molecule has 0 saturated heterocycles. The molecule has 0 bridgehead atoms. The van der Waals surface area contributed by atoms with E-state index in [0.29, 0.717) is 30.8 Å². The molecule has 1 aromatic rings. The highest BCUT2D eigenvalue weighted by Crippen LogP contribution is 2.22. The van der Waals surface area contributed by atoms with Crippen molar-refractivity contribution in [2.24, 2.45) is 5.16 Å². The molecule has 0 spiro atoms. The van der Waals surface area contributed by atoms with Gasteiger partial charge in [-0.2, -0.15) is 0 Å². The van der Waals surface area contributed by atoms with Gasteiger partial charge in [-0.1, -0.05) is 17.3 Å². The third kappa shape index (κ3) is 5.01. The van der Waals surface area contributed by atoms with E-state index in [1.54, 1.807) is 17.0 Å². The normalized spacial score (nSPS) is 15.8. The fourth-order valence-electron chi connectivity index (χ4n) is 2.56. The molecule has 0 fully saturated rings. The van der Waals surface area contributed by atoms with Crippen molar-refractivity contribution < 1.29 is 24.1 Å². The minimum atomic E-state index is -0.550. The third-order valence-corrected chi connectivity index (χ3v) is 3.99. The number of benzene rings is 1. The smallest absolute Gasteiger partial charge is 0.310 e. The molecule has 0 N–H and O–H groups in total. The van der Waals surface area contributed by atoms with Gasteiger partial charge >= 0.3 is 5.97 Å². The molecule has 1 aliphatic heterocycles. The number of hydrogen-bond acceptors (Lipinski definition) is 7. The van der Waals surface area contributed by atoms with Crippen LogP contribution in [0.1, 0.15) is 32.3 Å². The molecule has 1 atom stereocenters. The number of rotatable bonds is 8. The SMILES string of the molecule is CCN(CC)C(=O)COC(=O)CC1CC(c2cccc([N+](=O)[O-])c2)=NO1. The molecule has 9 nitrogen and oxygen atoms in total. The number of ether oxygens (including phenoxy) is 1. The summed E-state index contributed by atoms with van der Waals surface area (Å²) in [7, 11) is 0. The number of amides is 1. The number of carbonyl (C=O) groups is 2. The van der Waals surface area contributed by atoms with Gasteiger partial charge < -0.3 is 14.5 Å². The fraction of sp³-hybridized carbons (Fsp3) is 0.471. The van der Waals surface area contributed by atoms with Crippen molar-refractivity contribution in [1.29, 1.82) is 0 Å². The molecule has 1 aromatic carbocycles. The zero-order valence-electron chi connectivity index (χ0n) is 14.7. The Kier molecular flexibility index (Phi) is 6.65. The second-order valence-electron chi connectivity index (χ2n) is 5.71. The minimum Gasteiger partial charge on any atom is -0.455 e. The Labute approximate surface area is 150 Å². The second-order valence-corrected chi connectivity index (χ2v) is 5.71. The predicted molar refractivity (Wildman–Crippen MR) is 92.6 cm³/mol. The van der Waals surface area contributed by atoms with Crippen LogP contribution in [0, 0.1) is 10.1 Å². The van der Waals surface area contributed by atoms with Crippen LogP contribution >= 0.6 is 0 Å². The van der Waals surface area contributed by atoms with Crippen molar-refractivity contribution in [3.8, 4) is 0 Å². The van der Waals surface area contributed by atoms with E-state index in [4.69, 9.17) is 9.57 Å². The van der Waals surface area contributed by atoms with Gasteiger partial charge in [-0.05, 0) is 13.8 Å². The Morgan fingerprint density at radius 2 is 2.12 bits per heavy atom. The number of likely N-dealkylation sites (N-methyl/N-ethyl adjacent to an activating group) is 1. The van der Waals surface area contributed by atoms with Crippen LogP contribution in [-0.4, -0.2) is 53.2 Å². The van der Waals surface area contributed by atoms with E-state index < -0.39 is 17.0 Å². The lowest BCUT2D eigenvalue weighted by molar-refractivity contribution is -0.384. The van der Waals surface area contributed by atoms with E-state index in [9.17, 15) is 19.7 Å². The molecule has 0 aliphatic carbocycles. The van der Waals surface area contributed by atoms with Crippen LogP contribution in [0.15, 0.2) is 29.4 Å². The fourth-order valence-corrected chi connectivity index (χ4v) is 2.56. The Hall–Kier alpha value is -2.97. The molecule has 2 rings (SSSR count). The van der Waals surface area contributed by atoms with E-state index in [-0.39, 0.29) is 24.6 Å². The summed E-state index contributed by atoms with van der Waals surface area (Å²) in [5, 5.41) is 14.7. The highest BCUT2D eigenvalue weighted by atomic mass is 16.6. The van der Waals surface area contributed by atoms with Crippen LogP contribution in [0.4, 0.5) is 5.69 Å². The van der Waals surface area contributed by atoms with Crippen molar-refractivity contribution >= 4 is 23.3 Å². The summed E-state index contributed by atoms with van der Waals surface area (Å²) in [5.41, 5.74) is 1.07. The maximum absolute atomic E-state index is 11.9. The number of nitro groups is 1. The summed E-state index contributed by atoms with van der Waals surface area (Å²) in [5.74, 6) is -0.796. The largest absolute Gasteiger partial charge is 0.455 e. The van der Waals surface area contributed by atoms with Crippen molar-refractivity contribution in [2.45, 2.75) is 32.8 Å². The molecule has 1 unspecified atom stereocenters. The lowest BCUT2D eigenvalue weighted by Gasteiger charge is -2.18. The second kappa shape index (κ2) is 8.93. The quantitative estimate of drug-likeness (QED) is 0.396. The molecule has 9 heteroatoms. The van der Waals surface area contributed by atoms with Crippen LogP contribution in [0.2, 0.25) is 0 Å². The van der Waals surface area contributed by atoms with E-state index in [2.05, 4.69) is 5.16 Å². The van der Waals surface area contributed by atoms with E-state index >= 15 is 0 Å². The van der Waals surface area contributed by atoms with Crippen LogP contribution in [0.25, 0.3) is 0 Å². The third-order valence-electron chi connectivity index (χ3n) is 3.99. The standard InChI is InChI=1S/C17H21N3O6/c1-3-19(4-2)16(21)11-25-17(22)10-14-9-15(18-26-14)12-6-5-7-13(8-12)20(23)24/h5-8,14H,3-4,9-11H2,1-2H3. The first kappa shape index (κ1) is 19.4. The minimum absolute atomic E-state index is 0.0389. The molecule has 140 valence electrons. The summed E-state index contributed by atoms with van der Waals surface area (Å²) < 4.78 is 4.99. The van der Waals surface area contributed by atoms with Gasteiger partial charge in [0.15, 0.2) is 6.61 Å². The van der Waals surface area contributed by atoms with Gasteiger partial charge in [0, 0.05) is 37.2 Å². The first-order chi connectivity index (χ1) is 12.4. The van der Waals surface area contributed by atoms with Crippen LogP contribution in [-0.2, 0) is 19.2 Å². The maximum atomic E-state index is 11.9. The van der Waals surface area contributed by atoms with E-state index in [1.807, 2.05) is 13.8 Å². The molecule has 1 heterocycles. The molecule has 1 amide bonds. The van der Waals surface area contributed by atoms with Crippen molar-refractivity contribution in [2.75, 3.05) is 19.7 Å². The summed E-state index contributed by atoms with van der Waals surface area (Å²) >= 11 is 0. The average molecular weight is 363 g/mol. The van der Waals surface area contributed by atoms with Gasteiger partial charge in [0.1, 0.15) is 6.10 Å². The number of oxime groups is 1. The highest BCUT2D eigenvalue weighted by Gasteiger charge is 2.26. The topological polar surface area (TPSA) is 111 Å². The molecule has 1 aliphatic rings. The summed E-state index contributed by atoms with van der Waals surface area (Å²) in [4.78, 5) is 40.8. The summed E-state index contributed by atoms with van der Waals surface area (Å²) in [6, 6.07) is 6.06.